The molecule has 3 aromatic rings. The van der Waals surface area contributed by atoms with Crippen LogP contribution in [-0.4, -0.2) is 4.98 Å². The van der Waals surface area contributed by atoms with Crippen LogP contribution in [-0.2, 0) is 6.54 Å². The zero-order valence-electron chi connectivity index (χ0n) is 9.78. The number of nitrogens with one attached hydrogen (secondary N) is 2. The van der Waals surface area contributed by atoms with Crippen molar-refractivity contribution in [1.82, 2.24) is 4.98 Å². The van der Waals surface area contributed by atoms with Crippen LogP contribution in [0.2, 0.25) is 0 Å². The highest BCUT2D eigenvalue weighted by atomic mass is 127. The van der Waals surface area contributed by atoms with Crippen LogP contribution >= 0.6 is 22.6 Å². The summed E-state index contributed by atoms with van der Waals surface area (Å²) in [6.45, 7) is 0.831. The molecule has 2 aromatic carbocycles. The maximum absolute atomic E-state index is 3.46. The largest absolute Gasteiger partial charge is 0.381 e. The lowest BCUT2D eigenvalue weighted by atomic mass is 10.1. The van der Waals surface area contributed by atoms with Gasteiger partial charge in [-0.25, -0.2) is 0 Å². The van der Waals surface area contributed by atoms with Crippen LogP contribution in [0, 0.1) is 3.57 Å². The van der Waals surface area contributed by atoms with E-state index < -0.39 is 0 Å². The van der Waals surface area contributed by atoms with Crippen molar-refractivity contribution in [2.24, 2.45) is 0 Å². The third-order valence-corrected chi connectivity index (χ3v) is 3.65. The molecule has 0 amide bonds. The molecule has 3 rings (SSSR count). The zero-order chi connectivity index (χ0) is 12.4. The van der Waals surface area contributed by atoms with Crippen molar-refractivity contribution < 1.29 is 0 Å². The van der Waals surface area contributed by atoms with Crippen molar-refractivity contribution in [2.75, 3.05) is 5.32 Å². The van der Waals surface area contributed by atoms with Gasteiger partial charge < -0.3 is 10.3 Å². The van der Waals surface area contributed by atoms with E-state index in [1.54, 1.807) is 0 Å². The van der Waals surface area contributed by atoms with Gasteiger partial charge in [0.25, 0.3) is 0 Å². The van der Waals surface area contributed by atoms with Crippen LogP contribution in [0.5, 0.6) is 0 Å². The van der Waals surface area contributed by atoms with Crippen LogP contribution in [0.1, 0.15) is 5.56 Å². The summed E-state index contributed by atoms with van der Waals surface area (Å²) in [4.78, 5) is 3.29. The van der Waals surface area contributed by atoms with Gasteiger partial charge in [0.15, 0.2) is 0 Å². The van der Waals surface area contributed by atoms with Crippen LogP contribution in [0.3, 0.4) is 0 Å². The second kappa shape index (κ2) is 5.02. The summed E-state index contributed by atoms with van der Waals surface area (Å²) in [5.74, 6) is 0. The van der Waals surface area contributed by atoms with Gasteiger partial charge in [0.05, 0.1) is 5.52 Å². The van der Waals surface area contributed by atoms with Crippen molar-refractivity contribution in [3.8, 4) is 0 Å². The van der Waals surface area contributed by atoms with Crippen molar-refractivity contribution in [2.45, 2.75) is 6.54 Å². The molecular formula is C15H13IN2. The molecule has 1 heterocycles. The summed E-state index contributed by atoms with van der Waals surface area (Å²) < 4.78 is 1.25. The number of H-pyrrole nitrogens is 1. The molecule has 0 saturated carbocycles. The minimum atomic E-state index is 0.831. The molecule has 2 N–H and O–H groups in total. The lowest BCUT2D eigenvalue weighted by Gasteiger charge is -2.08. The predicted molar refractivity (Wildman–Crippen MR) is 84.8 cm³/mol. The molecule has 2 nitrogen and oxygen atoms in total. The lowest BCUT2D eigenvalue weighted by Crippen LogP contribution is -2.00. The van der Waals surface area contributed by atoms with Crippen LogP contribution < -0.4 is 5.32 Å². The number of hydrogen-bond acceptors (Lipinski definition) is 1. The smallest absolute Gasteiger partial charge is 0.0504 e. The van der Waals surface area contributed by atoms with Gasteiger partial charge in [-0.05, 0) is 57.8 Å². The number of aromatic nitrogens is 1. The fourth-order valence-corrected chi connectivity index (χ4v) is 2.64. The highest BCUT2D eigenvalue weighted by Gasteiger charge is 2.01. The topological polar surface area (TPSA) is 27.8 Å². The van der Waals surface area contributed by atoms with E-state index >= 15 is 0 Å². The monoisotopic (exact) mass is 348 g/mol. The lowest BCUT2D eigenvalue weighted by molar-refractivity contribution is 1.16. The van der Waals surface area contributed by atoms with E-state index in [0.717, 1.165) is 12.2 Å². The van der Waals surface area contributed by atoms with E-state index in [4.69, 9.17) is 0 Å². The Kier molecular flexibility index (Phi) is 3.23. The fourth-order valence-electron chi connectivity index (χ4n) is 2.09. The molecule has 0 atom stereocenters. The van der Waals surface area contributed by atoms with Gasteiger partial charge in [-0.1, -0.05) is 24.3 Å². The average Bonchev–Trinajstić information content (AvgIpc) is 2.85. The maximum atomic E-state index is 3.46. The molecule has 0 bridgehead atoms. The Hall–Kier alpha value is -1.49. The molecule has 0 saturated heterocycles. The first-order valence-corrected chi connectivity index (χ1v) is 6.95. The molecule has 0 aliphatic carbocycles. The van der Waals surface area contributed by atoms with Gasteiger partial charge >= 0.3 is 0 Å². The summed E-state index contributed by atoms with van der Waals surface area (Å²) in [7, 11) is 0. The van der Waals surface area contributed by atoms with E-state index in [1.165, 1.54) is 20.0 Å². The standard InChI is InChI=1S/C15H13IN2/c16-13-5-2-6-14(9-13)18-10-12-4-1-3-11-7-8-17-15(11)12/h1-9,17-18H,10H2. The van der Waals surface area contributed by atoms with Crippen molar-refractivity contribution in [1.29, 1.82) is 0 Å². The second-order valence-corrected chi connectivity index (χ2v) is 5.47. The number of rotatable bonds is 3. The van der Waals surface area contributed by atoms with E-state index in [2.05, 4.69) is 81.4 Å². The molecule has 0 aliphatic heterocycles. The number of fused-ring (bicyclic) bond motifs is 1. The number of halogens is 1. The number of para-hydroxylation sites is 1. The number of anilines is 1. The first-order valence-electron chi connectivity index (χ1n) is 5.87. The number of hydrogen-bond donors (Lipinski definition) is 2. The molecule has 0 radical (unpaired) electrons. The molecule has 3 heteroatoms. The molecule has 1 aromatic heterocycles. The van der Waals surface area contributed by atoms with E-state index in [0.29, 0.717) is 0 Å². The van der Waals surface area contributed by atoms with Crippen LogP contribution in [0.4, 0.5) is 5.69 Å². The summed E-state index contributed by atoms with van der Waals surface area (Å²) >= 11 is 2.33. The Balaban J connectivity index is 1.83. The molecule has 18 heavy (non-hydrogen) atoms. The molecule has 0 spiro atoms. The van der Waals surface area contributed by atoms with Gasteiger partial charge in [0.2, 0.25) is 0 Å². The first-order chi connectivity index (χ1) is 8.83. The van der Waals surface area contributed by atoms with Gasteiger partial charge in [0, 0.05) is 22.0 Å². The summed E-state index contributed by atoms with van der Waals surface area (Å²) in [6.07, 6.45) is 1.99. The predicted octanol–water partition coefficient (Wildman–Crippen LogP) is 4.38. The number of aromatic amines is 1. The number of benzene rings is 2. The van der Waals surface area contributed by atoms with Crippen molar-refractivity contribution in [3.05, 3.63) is 63.9 Å². The Bertz CT molecular complexity index is 673. The van der Waals surface area contributed by atoms with Gasteiger partial charge in [-0.2, -0.15) is 0 Å². The maximum Gasteiger partial charge on any atom is 0.0504 e. The van der Waals surface area contributed by atoms with Gasteiger partial charge in [-0.15, -0.1) is 0 Å². The molecule has 0 aliphatic rings. The minimum absolute atomic E-state index is 0.831. The first kappa shape index (κ1) is 11.6. The van der Waals surface area contributed by atoms with Crippen LogP contribution in [0.25, 0.3) is 10.9 Å². The summed E-state index contributed by atoms with van der Waals surface area (Å²) in [5.41, 5.74) is 3.66. The Morgan fingerprint density at radius 1 is 1.06 bits per heavy atom. The van der Waals surface area contributed by atoms with Gasteiger partial charge in [-0.3, -0.25) is 0 Å². The normalized spacial score (nSPS) is 10.7. The second-order valence-electron chi connectivity index (χ2n) is 4.22. The highest BCUT2D eigenvalue weighted by Crippen LogP contribution is 2.19. The van der Waals surface area contributed by atoms with Crippen LogP contribution in [0.15, 0.2) is 54.7 Å². The molecule has 0 fully saturated rings. The Labute approximate surface area is 120 Å². The summed E-state index contributed by atoms with van der Waals surface area (Å²) in [5, 5.41) is 4.72. The van der Waals surface area contributed by atoms with E-state index in [-0.39, 0.29) is 0 Å². The van der Waals surface area contributed by atoms with Crippen molar-refractivity contribution >= 4 is 39.2 Å². The van der Waals surface area contributed by atoms with E-state index in [1.807, 2.05) is 6.20 Å². The molecular weight excluding hydrogens is 335 g/mol. The van der Waals surface area contributed by atoms with Gasteiger partial charge in [0.1, 0.15) is 0 Å². The average molecular weight is 348 g/mol. The minimum Gasteiger partial charge on any atom is -0.381 e. The molecule has 0 unspecified atom stereocenters. The van der Waals surface area contributed by atoms with Crippen molar-refractivity contribution in [3.63, 3.8) is 0 Å². The SMILES string of the molecule is Ic1cccc(NCc2cccc3cc[nH]c23)c1. The third-order valence-electron chi connectivity index (χ3n) is 2.98. The highest BCUT2D eigenvalue weighted by molar-refractivity contribution is 14.1. The third kappa shape index (κ3) is 2.36. The quantitative estimate of drug-likeness (QED) is 0.676. The van der Waals surface area contributed by atoms with E-state index in [9.17, 15) is 0 Å². The molecule has 90 valence electrons. The Morgan fingerprint density at radius 3 is 2.83 bits per heavy atom. The Morgan fingerprint density at radius 2 is 1.94 bits per heavy atom. The summed E-state index contributed by atoms with van der Waals surface area (Å²) in [6, 6.07) is 16.9. The zero-order valence-corrected chi connectivity index (χ0v) is 11.9. The fraction of sp³-hybridized carbons (Fsp3) is 0.0667.